The van der Waals surface area contributed by atoms with Crippen molar-refractivity contribution in [3.8, 4) is 0 Å². The summed E-state index contributed by atoms with van der Waals surface area (Å²) >= 11 is 1.80. The number of rotatable bonds is 7. The van der Waals surface area contributed by atoms with Gasteiger partial charge in [-0.3, -0.25) is 9.69 Å². The number of nitrogens with zero attached hydrogens (tertiary/aromatic N) is 1. The number of carbonyl (C=O) groups excluding carboxylic acids is 1. The molecule has 1 aliphatic heterocycles. The molecule has 0 radical (unpaired) electrons. The standard InChI is InChI=1S/C17H29N3O2S/c1-4-12(2)16(18)17(21)19-11-14(15-6-5-13(3)23-15)20-7-9-22-10-8-20/h5-6,12,14,16H,4,7-11,18H2,1-3H3,(H,19,21). The molecule has 0 saturated carbocycles. The number of aryl methyl sites for hydroxylation is 1. The van der Waals surface area contributed by atoms with Crippen molar-refractivity contribution in [1.29, 1.82) is 0 Å². The quantitative estimate of drug-likeness (QED) is 0.796. The Morgan fingerprint density at radius 1 is 1.43 bits per heavy atom. The van der Waals surface area contributed by atoms with Gasteiger partial charge in [-0.25, -0.2) is 0 Å². The predicted molar refractivity (Wildman–Crippen MR) is 94.6 cm³/mol. The molecule has 5 nitrogen and oxygen atoms in total. The van der Waals surface area contributed by atoms with E-state index in [1.54, 1.807) is 11.3 Å². The van der Waals surface area contributed by atoms with E-state index in [1.165, 1.54) is 9.75 Å². The SMILES string of the molecule is CCC(C)C(N)C(=O)NCC(c1ccc(C)s1)N1CCOCC1. The molecule has 23 heavy (non-hydrogen) atoms. The first-order chi connectivity index (χ1) is 11.0. The second-order valence-electron chi connectivity index (χ2n) is 6.27. The maximum absolute atomic E-state index is 12.3. The molecule has 130 valence electrons. The van der Waals surface area contributed by atoms with Gasteiger partial charge >= 0.3 is 0 Å². The van der Waals surface area contributed by atoms with Gasteiger partial charge in [0, 0.05) is 29.4 Å². The van der Waals surface area contributed by atoms with E-state index < -0.39 is 6.04 Å². The monoisotopic (exact) mass is 339 g/mol. The first-order valence-corrected chi connectivity index (χ1v) is 9.26. The Bertz CT molecular complexity index is 500. The van der Waals surface area contributed by atoms with Crippen molar-refractivity contribution in [2.45, 2.75) is 39.3 Å². The molecule has 0 aromatic carbocycles. The van der Waals surface area contributed by atoms with Crippen LogP contribution in [0.15, 0.2) is 12.1 Å². The smallest absolute Gasteiger partial charge is 0.237 e. The molecule has 0 spiro atoms. The van der Waals surface area contributed by atoms with Crippen LogP contribution < -0.4 is 11.1 Å². The van der Waals surface area contributed by atoms with E-state index in [0.29, 0.717) is 6.54 Å². The largest absolute Gasteiger partial charge is 0.379 e. The summed E-state index contributed by atoms with van der Waals surface area (Å²) in [6.07, 6.45) is 0.908. The lowest BCUT2D eigenvalue weighted by molar-refractivity contribution is -0.123. The molecule has 2 heterocycles. The third-order valence-corrected chi connectivity index (χ3v) is 5.71. The summed E-state index contributed by atoms with van der Waals surface area (Å²) in [6, 6.07) is 4.07. The summed E-state index contributed by atoms with van der Waals surface area (Å²) in [6.45, 7) is 10.1. The molecule has 3 unspecified atom stereocenters. The van der Waals surface area contributed by atoms with Gasteiger partial charge in [-0.2, -0.15) is 0 Å². The first kappa shape index (κ1) is 18.4. The maximum Gasteiger partial charge on any atom is 0.237 e. The highest BCUT2D eigenvalue weighted by atomic mass is 32.1. The van der Waals surface area contributed by atoms with E-state index in [2.05, 4.69) is 36.2 Å². The lowest BCUT2D eigenvalue weighted by Gasteiger charge is -2.34. The number of thiophene rings is 1. The molecule has 1 aromatic rings. The molecule has 2 rings (SSSR count). The minimum Gasteiger partial charge on any atom is -0.379 e. The van der Waals surface area contributed by atoms with Crippen LogP contribution in [0.2, 0.25) is 0 Å². The Morgan fingerprint density at radius 2 is 2.13 bits per heavy atom. The Balaban J connectivity index is 2.01. The zero-order chi connectivity index (χ0) is 16.8. The molecule has 6 heteroatoms. The van der Waals surface area contributed by atoms with Gasteiger partial charge in [0.05, 0.1) is 25.3 Å². The minimum absolute atomic E-state index is 0.0501. The van der Waals surface area contributed by atoms with Gasteiger partial charge in [0.25, 0.3) is 0 Å². The van der Waals surface area contributed by atoms with E-state index in [4.69, 9.17) is 10.5 Å². The number of ether oxygens (including phenoxy) is 1. The van der Waals surface area contributed by atoms with Gasteiger partial charge in [-0.1, -0.05) is 20.3 Å². The third-order valence-electron chi connectivity index (χ3n) is 4.61. The fourth-order valence-corrected chi connectivity index (χ4v) is 3.77. The number of nitrogens with one attached hydrogen (secondary N) is 1. The molecule has 3 atom stereocenters. The average Bonchev–Trinajstić information content (AvgIpc) is 3.00. The van der Waals surface area contributed by atoms with E-state index in [0.717, 1.165) is 32.7 Å². The molecule has 1 fully saturated rings. The summed E-state index contributed by atoms with van der Waals surface area (Å²) in [7, 11) is 0. The molecule has 0 aliphatic carbocycles. The lowest BCUT2D eigenvalue weighted by Crippen LogP contribution is -2.48. The third kappa shape index (κ3) is 5.01. The normalized spacial score (nSPS) is 20.0. The second-order valence-corrected chi connectivity index (χ2v) is 7.59. The number of hydrogen-bond acceptors (Lipinski definition) is 5. The van der Waals surface area contributed by atoms with Crippen LogP contribution in [0.5, 0.6) is 0 Å². The number of morpholine rings is 1. The van der Waals surface area contributed by atoms with Gasteiger partial charge in [0.2, 0.25) is 5.91 Å². The van der Waals surface area contributed by atoms with E-state index >= 15 is 0 Å². The fourth-order valence-electron chi connectivity index (χ4n) is 2.76. The molecule has 1 saturated heterocycles. The van der Waals surface area contributed by atoms with Gasteiger partial charge < -0.3 is 15.8 Å². The minimum atomic E-state index is -0.435. The van der Waals surface area contributed by atoms with Crippen molar-refractivity contribution in [1.82, 2.24) is 10.2 Å². The Labute approximate surface area is 143 Å². The lowest BCUT2D eigenvalue weighted by atomic mass is 9.99. The number of nitrogens with two attached hydrogens (primary N) is 1. The van der Waals surface area contributed by atoms with Crippen LogP contribution in [0.3, 0.4) is 0 Å². The van der Waals surface area contributed by atoms with Crippen molar-refractivity contribution in [3.05, 3.63) is 21.9 Å². The van der Waals surface area contributed by atoms with Gasteiger partial charge in [-0.15, -0.1) is 11.3 Å². The van der Waals surface area contributed by atoms with Crippen LogP contribution in [0, 0.1) is 12.8 Å². The molecular formula is C17H29N3O2S. The second kappa shape index (κ2) is 8.78. The van der Waals surface area contributed by atoms with E-state index in [1.807, 2.05) is 6.92 Å². The topological polar surface area (TPSA) is 67.6 Å². The van der Waals surface area contributed by atoms with Crippen molar-refractivity contribution in [3.63, 3.8) is 0 Å². The fraction of sp³-hybridized carbons (Fsp3) is 0.706. The molecule has 1 amide bonds. The Kier molecular flexibility index (Phi) is 7.02. The van der Waals surface area contributed by atoms with Crippen LogP contribution >= 0.6 is 11.3 Å². The zero-order valence-corrected chi connectivity index (χ0v) is 15.2. The number of amides is 1. The van der Waals surface area contributed by atoms with Crippen molar-refractivity contribution >= 4 is 17.2 Å². The van der Waals surface area contributed by atoms with Gasteiger partial charge in [0.1, 0.15) is 0 Å². The highest BCUT2D eigenvalue weighted by molar-refractivity contribution is 7.12. The summed E-state index contributed by atoms with van der Waals surface area (Å²) in [4.78, 5) is 17.3. The van der Waals surface area contributed by atoms with Crippen LogP contribution in [0.1, 0.15) is 36.1 Å². The molecule has 3 N–H and O–H groups in total. The Hall–Kier alpha value is -0.950. The number of hydrogen-bond donors (Lipinski definition) is 2. The number of carbonyl (C=O) groups is 1. The highest BCUT2D eigenvalue weighted by Gasteiger charge is 2.26. The highest BCUT2D eigenvalue weighted by Crippen LogP contribution is 2.28. The van der Waals surface area contributed by atoms with E-state index in [-0.39, 0.29) is 17.9 Å². The molecule has 1 aliphatic rings. The zero-order valence-electron chi connectivity index (χ0n) is 14.4. The summed E-state index contributed by atoms with van der Waals surface area (Å²) in [5.74, 6) is 0.145. The maximum atomic E-state index is 12.3. The first-order valence-electron chi connectivity index (χ1n) is 8.44. The van der Waals surface area contributed by atoms with Gasteiger partial charge in [0.15, 0.2) is 0 Å². The summed E-state index contributed by atoms with van der Waals surface area (Å²) in [5, 5.41) is 3.06. The molecule has 0 bridgehead atoms. The van der Waals surface area contributed by atoms with Crippen LogP contribution in [0.25, 0.3) is 0 Å². The average molecular weight is 340 g/mol. The van der Waals surface area contributed by atoms with Crippen LogP contribution in [0.4, 0.5) is 0 Å². The van der Waals surface area contributed by atoms with Crippen molar-refractivity contribution < 1.29 is 9.53 Å². The van der Waals surface area contributed by atoms with Crippen molar-refractivity contribution in [2.24, 2.45) is 11.7 Å². The van der Waals surface area contributed by atoms with Crippen LogP contribution in [-0.4, -0.2) is 49.7 Å². The van der Waals surface area contributed by atoms with Crippen LogP contribution in [-0.2, 0) is 9.53 Å². The molecule has 1 aromatic heterocycles. The van der Waals surface area contributed by atoms with E-state index in [9.17, 15) is 4.79 Å². The summed E-state index contributed by atoms with van der Waals surface area (Å²) < 4.78 is 5.46. The Morgan fingerprint density at radius 3 is 2.70 bits per heavy atom. The van der Waals surface area contributed by atoms with Gasteiger partial charge in [-0.05, 0) is 25.0 Å². The van der Waals surface area contributed by atoms with Crippen molar-refractivity contribution in [2.75, 3.05) is 32.8 Å². The summed E-state index contributed by atoms with van der Waals surface area (Å²) in [5.41, 5.74) is 6.04. The predicted octanol–water partition coefficient (Wildman–Crippen LogP) is 1.92. The molecular weight excluding hydrogens is 310 g/mol.